The average Bonchev–Trinajstić information content (AvgIpc) is 4.27. The largest absolute Gasteiger partial charge is 0.394 e. The number of aliphatic hydroxyl groups excluding tert-OH is 2. The van der Waals surface area contributed by atoms with Crippen molar-refractivity contribution in [1.29, 1.82) is 0 Å². The molecule has 442 valence electrons. The van der Waals surface area contributed by atoms with Crippen molar-refractivity contribution in [2.45, 2.75) is 118 Å². The van der Waals surface area contributed by atoms with Gasteiger partial charge in [0.05, 0.1) is 39.6 Å². The number of likely N-dealkylation sites (N-methyl/N-ethyl adjacent to an activating group) is 1. The molecule has 35 heteroatoms. The van der Waals surface area contributed by atoms with Crippen LogP contribution in [-0.4, -0.2) is 210 Å². The number of aliphatic hydroxyl groups is 2. The fourth-order valence-electron chi connectivity index (χ4n) is 8.18. The minimum atomic E-state index is -5.07. The van der Waals surface area contributed by atoms with Gasteiger partial charge in [0.1, 0.15) is 60.8 Å². The molecule has 16 unspecified atom stereocenters. The van der Waals surface area contributed by atoms with Crippen molar-refractivity contribution in [3.8, 4) is 0 Å². The molecule has 2 aromatic rings. The summed E-state index contributed by atoms with van der Waals surface area (Å²) in [5.74, 6) is -5.23. The van der Waals surface area contributed by atoms with Crippen LogP contribution >= 0.6 is 15.6 Å². The van der Waals surface area contributed by atoms with Crippen LogP contribution < -0.4 is 43.8 Å². The number of ether oxygens (including phenoxy) is 8. The third kappa shape index (κ3) is 17.2. The number of H-pyrrole nitrogens is 2. The van der Waals surface area contributed by atoms with Crippen LogP contribution in [0, 0.1) is 0 Å². The zero-order valence-corrected chi connectivity index (χ0v) is 45.6. The molecule has 5 amide bonds. The van der Waals surface area contributed by atoms with Crippen molar-refractivity contribution in [2.75, 3.05) is 67.8 Å². The SMILES string of the molecule is CNC(=O)/C=C\N(C=O)C1OC(COP(=O)(O)C(C)OC2C(CO)OC(n3ccc(=O)[nH]c3=O)C2OCCC(=O)NC)C(OC(C)[PH](=O)OCC2OC(n3ccc(=O)[nH]c3=O)C(OCCC(=O)NC)C2O)C1OCCC(=O)NC. The number of nitrogens with one attached hydrogen (secondary N) is 6. The van der Waals surface area contributed by atoms with E-state index >= 15 is 0 Å². The summed E-state index contributed by atoms with van der Waals surface area (Å²) in [6, 6.07) is 2.03. The quantitative estimate of drug-likeness (QED) is 0.0195. The maximum atomic E-state index is 14.2. The van der Waals surface area contributed by atoms with Crippen LogP contribution in [0.15, 0.2) is 56.0 Å². The summed E-state index contributed by atoms with van der Waals surface area (Å²) in [6.07, 6.45) is -13.5. The molecule has 0 aliphatic carbocycles. The molecule has 3 fully saturated rings. The molecule has 5 rings (SSSR count). The molecule has 16 atom stereocenters. The summed E-state index contributed by atoms with van der Waals surface area (Å²) in [5.41, 5.74) is -3.34. The molecule has 5 heterocycles. The van der Waals surface area contributed by atoms with E-state index in [-0.39, 0.29) is 45.5 Å². The lowest BCUT2D eigenvalue weighted by atomic mass is 10.1. The van der Waals surface area contributed by atoms with Gasteiger partial charge in [-0.25, -0.2) is 9.59 Å². The Morgan fingerprint density at radius 3 is 1.76 bits per heavy atom. The molecule has 0 saturated carbocycles. The number of aromatic amines is 2. The molecule has 3 aliphatic heterocycles. The smallest absolute Gasteiger partial charge is 0.356 e. The highest BCUT2D eigenvalue weighted by molar-refractivity contribution is 7.53. The highest BCUT2D eigenvalue weighted by Gasteiger charge is 2.53. The molecule has 79 heavy (non-hydrogen) atoms. The summed E-state index contributed by atoms with van der Waals surface area (Å²) >= 11 is 0. The Bertz CT molecular complexity index is 2740. The van der Waals surface area contributed by atoms with E-state index in [2.05, 4.69) is 31.2 Å². The Labute approximate surface area is 449 Å². The minimum Gasteiger partial charge on any atom is -0.394 e. The van der Waals surface area contributed by atoms with E-state index in [9.17, 15) is 67.4 Å². The summed E-state index contributed by atoms with van der Waals surface area (Å²) in [6.45, 7) is -0.770. The van der Waals surface area contributed by atoms with E-state index < -0.39 is 167 Å². The summed E-state index contributed by atoms with van der Waals surface area (Å²) < 4.78 is 89.5. The maximum Gasteiger partial charge on any atom is 0.356 e. The molecule has 2 aromatic heterocycles. The molecule has 3 saturated heterocycles. The van der Waals surface area contributed by atoms with Crippen molar-refractivity contribution in [1.82, 2.24) is 45.3 Å². The predicted octanol–water partition coefficient (Wildman–Crippen LogP) is -4.60. The van der Waals surface area contributed by atoms with E-state index in [1.54, 1.807) is 0 Å². The minimum absolute atomic E-state index is 0.146. The Hall–Kier alpha value is -5.61. The second-order valence-electron chi connectivity index (χ2n) is 17.6. The number of hydrogen-bond donors (Lipinski definition) is 9. The number of rotatable bonds is 31. The maximum absolute atomic E-state index is 14.2. The van der Waals surface area contributed by atoms with Gasteiger partial charge in [-0.05, 0) is 13.8 Å². The van der Waals surface area contributed by atoms with Crippen molar-refractivity contribution < 1.29 is 95.2 Å². The van der Waals surface area contributed by atoms with Crippen LogP contribution in [0.3, 0.4) is 0 Å². The van der Waals surface area contributed by atoms with Gasteiger partial charge in [0, 0.05) is 84.3 Å². The Morgan fingerprint density at radius 1 is 0.747 bits per heavy atom. The van der Waals surface area contributed by atoms with Crippen LogP contribution in [0.4, 0.5) is 0 Å². The molecule has 9 N–H and O–H groups in total. The van der Waals surface area contributed by atoms with E-state index in [0.717, 1.165) is 57.8 Å². The molecule has 0 spiro atoms. The first kappa shape index (κ1) is 64.2. The van der Waals surface area contributed by atoms with Gasteiger partial charge in [-0.15, -0.1) is 0 Å². The molecule has 0 radical (unpaired) electrons. The van der Waals surface area contributed by atoms with Crippen LogP contribution in [0.1, 0.15) is 45.6 Å². The highest BCUT2D eigenvalue weighted by Crippen LogP contribution is 2.51. The van der Waals surface area contributed by atoms with E-state index in [1.165, 1.54) is 35.1 Å². The van der Waals surface area contributed by atoms with Gasteiger partial charge in [-0.2, -0.15) is 0 Å². The van der Waals surface area contributed by atoms with E-state index in [0.29, 0.717) is 0 Å². The molecule has 33 nitrogen and oxygen atoms in total. The Balaban J connectivity index is 1.40. The fraction of sp³-hybridized carbons (Fsp3) is 0.659. The van der Waals surface area contributed by atoms with Gasteiger partial charge < -0.3 is 83.3 Å². The number of aromatic nitrogens is 4. The number of carbonyl (C=O) groups is 5. The van der Waals surface area contributed by atoms with Crippen molar-refractivity contribution >= 4 is 45.7 Å². The number of carbonyl (C=O) groups excluding carboxylic acids is 5. The van der Waals surface area contributed by atoms with Crippen LogP contribution in [0.5, 0.6) is 0 Å². The van der Waals surface area contributed by atoms with Crippen molar-refractivity contribution in [2.24, 2.45) is 0 Å². The first-order valence-electron chi connectivity index (χ1n) is 24.5. The average molecular weight is 1170 g/mol. The van der Waals surface area contributed by atoms with Crippen molar-refractivity contribution in [3.63, 3.8) is 0 Å². The number of nitrogens with zero attached hydrogens (tertiary/aromatic N) is 3. The second kappa shape index (κ2) is 30.3. The zero-order chi connectivity index (χ0) is 58.1. The monoisotopic (exact) mass is 1170 g/mol. The molecular weight excluding hydrogens is 1100 g/mol. The summed E-state index contributed by atoms with van der Waals surface area (Å²) in [7, 11) is -3.04. The third-order valence-corrected chi connectivity index (χ3v) is 15.3. The Kier molecular flexibility index (Phi) is 24.6. The fourth-order valence-corrected chi connectivity index (χ4v) is 9.87. The van der Waals surface area contributed by atoms with Gasteiger partial charge in [0.15, 0.2) is 24.5 Å². The summed E-state index contributed by atoms with van der Waals surface area (Å²) in [4.78, 5) is 127. The number of hydrogen-bond acceptors (Lipinski definition) is 23. The first-order chi connectivity index (χ1) is 37.6. The normalized spacial score (nSPS) is 27.7. The lowest BCUT2D eigenvalue weighted by Crippen LogP contribution is -2.45. The van der Waals surface area contributed by atoms with Crippen LogP contribution in [0.25, 0.3) is 0 Å². The van der Waals surface area contributed by atoms with Gasteiger partial charge >= 0.3 is 19.0 Å². The van der Waals surface area contributed by atoms with E-state index in [1.807, 2.05) is 0 Å². The highest BCUT2D eigenvalue weighted by atomic mass is 31.2. The zero-order valence-electron chi connectivity index (χ0n) is 43.7. The lowest BCUT2D eigenvalue weighted by molar-refractivity contribution is -0.138. The van der Waals surface area contributed by atoms with Crippen LogP contribution in [-0.2, 0) is 80.0 Å². The summed E-state index contributed by atoms with van der Waals surface area (Å²) in [5, 5.41) is 31.4. The third-order valence-electron chi connectivity index (χ3n) is 12.4. The lowest BCUT2D eigenvalue weighted by Gasteiger charge is -2.30. The van der Waals surface area contributed by atoms with Crippen molar-refractivity contribution in [3.05, 3.63) is 78.5 Å². The second-order valence-corrected chi connectivity index (χ2v) is 21.4. The standard InChI is InChI=1S/C44H67N9O24P2/c1-23(78(65)71-20-26-34(62)37(68-16-10-29(57)46-4)41(76-26)52-14-8-32(60)49-43(52)63)73-36-27(77-40(38(36)69-17-11-30(58)47-5)51(22-55)13-7-28(56)45-3)21-72-79(66,67)24(2)74-35-25(19-54)75-42(39(35)70-18-12-31(59)48-6)53-15-9-33(61)50-44(53)64/h7-9,13-15,22-27,34-42,54,62,78H,10-12,16-21H2,1-6H3,(H,45,56)(H,46,57)(H,47,58)(H,48,59)(H,66,67)(H,49,60,63)(H,50,61,64)/b13-7-. The van der Waals surface area contributed by atoms with Gasteiger partial charge in [-0.1, -0.05) is 0 Å². The molecule has 0 aromatic carbocycles. The molecule has 3 aliphatic rings. The Morgan fingerprint density at radius 2 is 1.25 bits per heavy atom. The number of amides is 5. The topological polar surface area (TPSA) is 434 Å². The van der Waals surface area contributed by atoms with E-state index in [4.69, 9.17) is 46.9 Å². The molecule has 0 bridgehead atoms. The van der Waals surface area contributed by atoms with Gasteiger partial charge in [-0.3, -0.25) is 66.7 Å². The first-order valence-corrected chi connectivity index (χ1v) is 27.6. The van der Waals surface area contributed by atoms with Gasteiger partial charge in [0.2, 0.25) is 38.1 Å². The van der Waals surface area contributed by atoms with Gasteiger partial charge in [0.25, 0.3) is 11.1 Å². The predicted molar refractivity (Wildman–Crippen MR) is 268 cm³/mol. The van der Waals surface area contributed by atoms with Crippen LogP contribution in [0.2, 0.25) is 0 Å². The molecular formula is C44H67N9O24P2.